The van der Waals surface area contributed by atoms with Gasteiger partial charge in [0, 0.05) is 10.6 Å². The van der Waals surface area contributed by atoms with Gasteiger partial charge in [0.25, 0.3) is 0 Å². The number of anilines is 2. The van der Waals surface area contributed by atoms with Crippen LogP contribution in [0.1, 0.15) is 6.92 Å². The highest BCUT2D eigenvalue weighted by Gasteiger charge is 2.21. The van der Waals surface area contributed by atoms with Crippen LogP contribution in [0, 0.1) is 5.92 Å². The summed E-state index contributed by atoms with van der Waals surface area (Å²) in [5.41, 5.74) is 1.08. The molecule has 0 saturated carbocycles. The van der Waals surface area contributed by atoms with E-state index in [1.807, 2.05) is 0 Å². The standard InChI is InChI=1S/C12H12N2O4S/c1-6(12(17)18)11(16)13-7-2-3-9-8(4-7)14-10(15)5-19-9/h2-4,6H,5H2,1H3,(H,13,16)(H,14,15)(H,17,18). The fraction of sp³-hybridized carbons (Fsp3) is 0.250. The molecule has 1 atom stereocenters. The van der Waals surface area contributed by atoms with Crippen LogP contribution in [0.2, 0.25) is 0 Å². The Morgan fingerprint density at radius 2 is 2.21 bits per heavy atom. The number of hydrogen-bond donors (Lipinski definition) is 3. The number of carboxylic acids is 1. The fourth-order valence-corrected chi connectivity index (χ4v) is 2.31. The van der Waals surface area contributed by atoms with Gasteiger partial charge in [-0.3, -0.25) is 14.4 Å². The normalized spacial score (nSPS) is 15.1. The van der Waals surface area contributed by atoms with Crippen molar-refractivity contribution in [3.8, 4) is 0 Å². The molecule has 0 spiro atoms. The van der Waals surface area contributed by atoms with E-state index in [4.69, 9.17) is 5.11 Å². The number of nitrogens with one attached hydrogen (secondary N) is 2. The van der Waals surface area contributed by atoms with Crippen molar-refractivity contribution in [1.29, 1.82) is 0 Å². The minimum Gasteiger partial charge on any atom is -0.481 e. The molecule has 2 amide bonds. The van der Waals surface area contributed by atoms with Gasteiger partial charge in [0.1, 0.15) is 5.92 Å². The van der Waals surface area contributed by atoms with Crippen LogP contribution in [-0.4, -0.2) is 28.6 Å². The summed E-state index contributed by atoms with van der Waals surface area (Å²) in [6.07, 6.45) is 0. The lowest BCUT2D eigenvalue weighted by Crippen LogP contribution is -2.27. The van der Waals surface area contributed by atoms with Crippen LogP contribution in [0.3, 0.4) is 0 Å². The van der Waals surface area contributed by atoms with Crippen LogP contribution < -0.4 is 10.6 Å². The second-order valence-corrected chi connectivity index (χ2v) is 5.11. The average molecular weight is 280 g/mol. The molecule has 19 heavy (non-hydrogen) atoms. The molecule has 1 heterocycles. The first-order valence-corrected chi connectivity index (χ1v) is 6.56. The third kappa shape index (κ3) is 3.05. The highest BCUT2D eigenvalue weighted by Crippen LogP contribution is 2.33. The first kappa shape index (κ1) is 13.4. The molecule has 1 aromatic rings. The van der Waals surface area contributed by atoms with E-state index in [0.717, 1.165) is 4.90 Å². The van der Waals surface area contributed by atoms with Crippen LogP contribution in [0.15, 0.2) is 23.1 Å². The number of rotatable bonds is 3. The molecule has 1 aliphatic rings. The van der Waals surface area contributed by atoms with Crippen LogP contribution in [0.25, 0.3) is 0 Å². The van der Waals surface area contributed by atoms with Crippen LogP contribution in [0.4, 0.5) is 11.4 Å². The lowest BCUT2D eigenvalue weighted by atomic mass is 10.1. The van der Waals surface area contributed by atoms with Gasteiger partial charge in [0.05, 0.1) is 11.4 Å². The van der Waals surface area contributed by atoms with E-state index >= 15 is 0 Å². The minimum absolute atomic E-state index is 0.0973. The summed E-state index contributed by atoms with van der Waals surface area (Å²) < 4.78 is 0. The predicted octanol–water partition coefficient (Wildman–Crippen LogP) is 1.39. The number of hydrogen-bond acceptors (Lipinski definition) is 4. The summed E-state index contributed by atoms with van der Waals surface area (Å²) in [6, 6.07) is 5.07. The lowest BCUT2D eigenvalue weighted by molar-refractivity contribution is -0.144. The maximum absolute atomic E-state index is 11.6. The molecule has 100 valence electrons. The lowest BCUT2D eigenvalue weighted by Gasteiger charge is -2.17. The predicted molar refractivity (Wildman–Crippen MR) is 71.2 cm³/mol. The Balaban J connectivity index is 2.14. The van der Waals surface area contributed by atoms with Crippen molar-refractivity contribution >= 4 is 40.9 Å². The summed E-state index contributed by atoms with van der Waals surface area (Å²) in [4.78, 5) is 34.5. The molecule has 0 saturated heterocycles. The Labute approximate surface area is 113 Å². The molecule has 0 aromatic heterocycles. The van der Waals surface area contributed by atoms with Crippen LogP contribution in [-0.2, 0) is 14.4 Å². The third-order valence-corrected chi connectivity index (χ3v) is 3.72. The Bertz CT molecular complexity index is 559. The van der Waals surface area contributed by atoms with Gasteiger partial charge >= 0.3 is 5.97 Å². The molecule has 2 rings (SSSR count). The van der Waals surface area contributed by atoms with Gasteiger partial charge in [-0.1, -0.05) is 0 Å². The SMILES string of the molecule is CC(C(=O)O)C(=O)Nc1ccc2c(c1)NC(=O)CS2. The van der Waals surface area contributed by atoms with Gasteiger partial charge in [-0.05, 0) is 25.1 Å². The number of amides is 2. The molecule has 1 aromatic carbocycles. The third-order valence-electron chi connectivity index (χ3n) is 2.64. The molecule has 3 N–H and O–H groups in total. The van der Waals surface area contributed by atoms with Gasteiger partial charge in [-0.2, -0.15) is 0 Å². The quantitative estimate of drug-likeness (QED) is 0.727. The van der Waals surface area contributed by atoms with E-state index in [0.29, 0.717) is 17.1 Å². The Morgan fingerprint density at radius 3 is 2.89 bits per heavy atom. The molecular formula is C12H12N2O4S. The molecule has 1 aliphatic heterocycles. The molecule has 7 heteroatoms. The largest absolute Gasteiger partial charge is 0.481 e. The number of thioether (sulfide) groups is 1. The Hall–Kier alpha value is -2.02. The van der Waals surface area contributed by atoms with Crippen LogP contribution >= 0.6 is 11.8 Å². The summed E-state index contributed by atoms with van der Waals surface area (Å²) in [5, 5.41) is 13.9. The number of fused-ring (bicyclic) bond motifs is 1. The van der Waals surface area contributed by atoms with Crippen molar-refractivity contribution in [2.24, 2.45) is 5.92 Å². The zero-order valence-corrected chi connectivity index (χ0v) is 10.9. The number of aliphatic carboxylic acids is 1. The molecular weight excluding hydrogens is 268 g/mol. The summed E-state index contributed by atoms with van der Waals surface area (Å²) in [7, 11) is 0. The van der Waals surface area contributed by atoms with Crippen molar-refractivity contribution in [2.45, 2.75) is 11.8 Å². The summed E-state index contributed by atoms with van der Waals surface area (Å²) in [5.74, 6) is -2.63. The Morgan fingerprint density at radius 1 is 1.47 bits per heavy atom. The van der Waals surface area contributed by atoms with Gasteiger partial charge in [0.15, 0.2) is 0 Å². The van der Waals surface area contributed by atoms with E-state index in [1.54, 1.807) is 18.2 Å². The second kappa shape index (κ2) is 5.31. The summed E-state index contributed by atoms with van der Waals surface area (Å²) >= 11 is 1.42. The van der Waals surface area contributed by atoms with Gasteiger partial charge in [0.2, 0.25) is 11.8 Å². The molecule has 0 fully saturated rings. The van der Waals surface area contributed by atoms with Crippen molar-refractivity contribution in [1.82, 2.24) is 0 Å². The van der Waals surface area contributed by atoms with E-state index in [2.05, 4.69) is 10.6 Å². The van der Waals surface area contributed by atoms with Gasteiger partial charge in [-0.15, -0.1) is 11.8 Å². The van der Waals surface area contributed by atoms with E-state index in [9.17, 15) is 14.4 Å². The van der Waals surface area contributed by atoms with Crippen LogP contribution in [0.5, 0.6) is 0 Å². The Kier molecular flexibility index (Phi) is 3.75. The van der Waals surface area contributed by atoms with Crippen molar-refractivity contribution in [3.05, 3.63) is 18.2 Å². The van der Waals surface area contributed by atoms with E-state index < -0.39 is 17.8 Å². The molecule has 0 radical (unpaired) electrons. The molecule has 0 bridgehead atoms. The van der Waals surface area contributed by atoms with Gasteiger partial charge in [-0.25, -0.2) is 0 Å². The molecule has 1 unspecified atom stereocenters. The molecule has 6 nitrogen and oxygen atoms in total. The first-order valence-electron chi connectivity index (χ1n) is 5.58. The smallest absolute Gasteiger partial charge is 0.315 e. The number of carboxylic acid groups (broad SMARTS) is 1. The average Bonchev–Trinajstić information content (AvgIpc) is 2.37. The van der Waals surface area contributed by atoms with Crippen molar-refractivity contribution in [2.75, 3.05) is 16.4 Å². The number of carbonyl (C=O) groups excluding carboxylic acids is 2. The maximum atomic E-state index is 11.6. The monoisotopic (exact) mass is 280 g/mol. The summed E-state index contributed by atoms with van der Waals surface area (Å²) in [6.45, 7) is 1.31. The van der Waals surface area contributed by atoms with Crippen molar-refractivity contribution < 1.29 is 19.5 Å². The van der Waals surface area contributed by atoms with E-state index in [-0.39, 0.29) is 5.91 Å². The zero-order valence-electron chi connectivity index (χ0n) is 10.1. The zero-order chi connectivity index (χ0) is 14.0. The first-order chi connectivity index (χ1) is 8.97. The van der Waals surface area contributed by atoms with Crippen molar-refractivity contribution in [3.63, 3.8) is 0 Å². The van der Waals surface area contributed by atoms with Gasteiger partial charge < -0.3 is 15.7 Å². The maximum Gasteiger partial charge on any atom is 0.315 e. The molecule has 0 aliphatic carbocycles. The fourth-order valence-electron chi connectivity index (χ4n) is 1.52. The second-order valence-electron chi connectivity index (χ2n) is 4.10. The van der Waals surface area contributed by atoms with E-state index in [1.165, 1.54) is 18.7 Å². The highest BCUT2D eigenvalue weighted by molar-refractivity contribution is 8.00. The number of carbonyl (C=O) groups is 3. The highest BCUT2D eigenvalue weighted by atomic mass is 32.2. The topological polar surface area (TPSA) is 95.5 Å². The number of benzene rings is 1. The minimum atomic E-state index is -1.18.